The normalized spacial score (nSPS) is 10.3. The highest BCUT2D eigenvalue weighted by atomic mass is 16.2. The van der Waals surface area contributed by atoms with Crippen molar-refractivity contribution in [1.29, 1.82) is 0 Å². The molecule has 140 valence electrons. The van der Waals surface area contributed by atoms with Gasteiger partial charge >= 0.3 is 0 Å². The molecule has 1 N–H and O–H groups in total. The van der Waals surface area contributed by atoms with E-state index in [-0.39, 0.29) is 18.4 Å². The van der Waals surface area contributed by atoms with E-state index in [2.05, 4.69) is 49.4 Å². The molecule has 2 aromatic rings. The summed E-state index contributed by atoms with van der Waals surface area (Å²) < 4.78 is 0. The van der Waals surface area contributed by atoms with E-state index in [1.54, 1.807) is 31.3 Å². The number of anilines is 1. The molecule has 0 bridgehead atoms. The molecule has 0 fully saturated rings. The molecule has 0 aliphatic heterocycles. The number of likely N-dealkylation sites (N-methyl/N-ethyl adjacent to an activating group) is 1. The zero-order chi connectivity index (χ0) is 19.8. The quantitative estimate of drug-likeness (QED) is 0.761. The summed E-state index contributed by atoms with van der Waals surface area (Å²) in [6, 6.07) is 15.4. The van der Waals surface area contributed by atoms with Gasteiger partial charge in [-0.25, -0.2) is 0 Å². The average molecular weight is 362 g/mol. The van der Waals surface area contributed by atoms with Crippen molar-refractivity contribution in [3.05, 3.63) is 65.2 Å². The van der Waals surface area contributed by atoms with Crippen molar-refractivity contribution in [3.8, 4) is 12.3 Å². The molecule has 0 atom stereocenters. The van der Waals surface area contributed by atoms with Crippen molar-refractivity contribution < 1.29 is 9.59 Å². The van der Waals surface area contributed by atoms with Crippen LogP contribution in [0.4, 0.5) is 5.69 Å². The number of aryl methyl sites for hydroxylation is 1. The molecule has 4 nitrogen and oxygen atoms in total. The first-order chi connectivity index (χ1) is 12.9. The van der Waals surface area contributed by atoms with Gasteiger partial charge in [0.1, 0.15) is 0 Å². The Morgan fingerprint density at radius 1 is 1.15 bits per heavy atom. The summed E-state index contributed by atoms with van der Waals surface area (Å²) in [6.07, 6.45) is 6.39. The van der Waals surface area contributed by atoms with Gasteiger partial charge in [-0.15, -0.1) is 6.42 Å². The Hall–Kier alpha value is -3.06. The van der Waals surface area contributed by atoms with Gasteiger partial charge in [0.05, 0.1) is 6.54 Å². The van der Waals surface area contributed by atoms with Crippen molar-refractivity contribution in [2.75, 3.05) is 18.9 Å². The van der Waals surface area contributed by atoms with Crippen molar-refractivity contribution >= 4 is 17.5 Å². The SMILES string of the molecule is C#Cc1cccc(NC(=O)CN(C)C(=O)CCc2ccc(C(C)C)cc2)c1. The summed E-state index contributed by atoms with van der Waals surface area (Å²) in [5.41, 5.74) is 3.73. The smallest absolute Gasteiger partial charge is 0.243 e. The minimum atomic E-state index is -0.249. The number of hydrogen-bond acceptors (Lipinski definition) is 2. The third-order valence-electron chi connectivity index (χ3n) is 4.39. The fraction of sp³-hybridized carbons (Fsp3) is 0.304. The summed E-state index contributed by atoms with van der Waals surface area (Å²) >= 11 is 0. The summed E-state index contributed by atoms with van der Waals surface area (Å²) in [7, 11) is 1.64. The highest BCUT2D eigenvalue weighted by Gasteiger charge is 2.13. The van der Waals surface area contributed by atoms with E-state index in [0.29, 0.717) is 30.0 Å². The molecule has 0 heterocycles. The summed E-state index contributed by atoms with van der Waals surface area (Å²) in [5, 5.41) is 2.76. The third kappa shape index (κ3) is 6.31. The minimum absolute atomic E-state index is 0.00536. The molecule has 0 unspecified atom stereocenters. The van der Waals surface area contributed by atoms with Gasteiger partial charge in [0.2, 0.25) is 11.8 Å². The molecule has 2 rings (SSSR count). The topological polar surface area (TPSA) is 49.4 Å². The second-order valence-corrected chi connectivity index (χ2v) is 6.92. The van der Waals surface area contributed by atoms with Gasteiger partial charge in [-0.2, -0.15) is 0 Å². The molecule has 27 heavy (non-hydrogen) atoms. The lowest BCUT2D eigenvalue weighted by Crippen LogP contribution is -2.35. The molecular weight excluding hydrogens is 336 g/mol. The highest BCUT2D eigenvalue weighted by Crippen LogP contribution is 2.15. The van der Waals surface area contributed by atoms with Gasteiger partial charge in [0, 0.05) is 24.7 Å². The Kier molecular flexibility index (Phi) is 7.19. The van der Waals surface area contributed by atoms with Crippen molar-refractivity contribution in [3.63, 3.8) is 0 Å². The van der Waals surface area contributed by atoms with E-state index in [1.807, 2.05) is 0 Å². The Labute approximate surface area is 161 Å². The number of nitrogens with one attached hydrogen (secondary N) is 1. The first-order valence-corrected chi connectivity index (χ1v) is 9.08. The largest absolute Gasteiger partial charge is 0.336 e. The van der Waals surface area contributed by atoms with Crippen LogP contribution >= 0.6 is 0 Å². The van der Waals surface area contributed by atoms with Crippen molar-refractivity contribution in [2.24, 2.45) is 0 Å². The zero-order valence-corrected chi connectivity index (χ0v) is 16.2. The molecule has 0 saturated carbocycles. The number of hydrogen-bond donors (Lipinski definition) is 1. The summed E-state index contributed by atoms with van der Waals surface area (Å²) in [6.45, 7) is 4.31. The van der Waals surface area contributed by atoms with E-state index < -0.39 is 0 Å². The van der Waals surface area contributed by atoms with Gasteiger partial charge in [-0.1, -0.05) is 50.1 Å². The van der Waals surface area contributed by atoms with Gasteiger partial charge in [-0.3, -0.25) is 9.59 Å². The average Bonchev–Trinajstić information content (AvgIpc) is 2.66. The molecular formula is C23H26N2O2. The van der Waals surface area contributed by atoms with Crippen LogP contribution in [0, 0.1) is 12.3 Å². The van der Waals surface area contributed by atoms with Gasteiger partial charge in [-0.05, 0) is 41.7 Å². The minimum Gasteiger partial charge on any atom is -0.336 e. The van der Waals surface area contributed by atoms with E-state index >= 15 is 0 Å². The Balaban J connectivity index is 1.82. The predicted molar refractivity (Wildman–Crippen MR) is 109 cm³/mol. The number of carbonyl (C=O) groups excluding carboxylic acids is 2. The van der Waals surface area contributed by atoms with Crippen LogP contribution in [0.5, 0.6) is 0 Å². The number of nitrogens with zero attached hydrogens (tertiary/aromatic N) is 1. The number of rotatable bonds is 7. The van der Waals surface area contributed by atoms with Gasteiger partial charge in [0.25, 0.3) is 0 Å². The molecule has 0 spiro atoms. The Bertz CT molecular complexity index is 832. The predicted octanol–water partition coefficient (Wildman–Crippen LogP) is 3.82. The Morgan fingerprint density at radius 3 is 2.48 bits per heavy atom. The second kappa shape index (κ2) is 9.59. The fourth-order valence-corrected chi connectivity index (χ4v) is 2.70. The first-order valence-electron chi connectivity index (χ1n) is 9.08. The molecule has 0 aromatic heterocycles. The maximum absolute atomic E-state index is 12.3. The van der Waals surface area contributed by atoms with Crippen LogP contribution in [0.2, 0.25) is 0 Å². The number of amides is 2. The molecule has 2 aromatic carbocycles. The van der Waals surface area contributed by atoms with E-state index in [0.717, 1.165) is 5.56 Å². The van der Waals surface area contributed by atoms with Gasteiger partial charge in [0.15, 0.2) is 0 Å². The Morgan fingerprint density at radius 2 is 1.85 bits per heavy atom. The molecule has 4 heteroatoms. The van der Waals surface area contributed by atoms with Crippen LogP contribution in [0.15, 0.2) is 48.5 Å². The first kappa shape index (κ1) is 20.3. The van der Waals surface area contributed by atoms with E-state index in [9.17, 15) is 9.59 Å². The summed E-state index contributed by atoms with van der Waals surface area (Å²) in [4.78, 5) is 25.9. The molecule has 0 aliphatic carbocycles. The summed E-state index contributed by atoms with van der Waals surface area (Å²) in [5.74, 6) is 2.71. The number of benzene rings is 2. The monoisotopic (exact) mass is 362 g/mol. The van der Waals surface area contributed by atoms with Crippen LogP contribution in [0.1, 0.15) is 42.9 Å². The lowest BCUT2D eigenvalue weighted by molar-refractivity contribution is -0.133. The zero-order valence-electron chi connectivity index (χ0n) is 16.2. The molecule has 0 radical (unpaired) electrons. The number of terminal acetylenes is 1. The highest BCUT2D eigenvalue weighted by molar-refractivity contribution is 5.94. The van der Waals surface area contributed by atoms with Crippen molar-refractivity contribution in [1.82, 2.24) is 4.90 Å². The van der Waals surface area contributed by atoms with E-state index in [1.165, 1.54) is 10.5 Å². The van der Waals surface area contributed by atoms with Crippen LogP contribution < -0.4 is 5.32 Å². The molecule has 0 aliphatic rings. The maximum atomic E-state index is 12.3. The van der Waals surface area contributed by atoms with Crippen molar-refractivity contribution in [2.45, 2.75) is 32.6 Å². The van der Waals surface area contributed by atoms with E-state index in [4.69, 9.17) is 6.42 Å². The third-order valence-corrected chi connectivity index (χ3v) is 4.39. The fourth-order valence-electron chi connectivity index (χ4n) is 2.70. The standard InChI is InChI=1S/C23H26N2O2/c1-5-18-7-6-8-21(15-18)24-22(26)16-25(4)23(27)14-11-19-9-12-20(13-10-19)17(2)3/h1,6-10,12-13,15,17H,11,14,16H2,2-4H3,(H,24,26). The lowest BCUT2D eigenvalue weighted by atomic mass is 10.0. The van der Waals surface area contributed by atoms with Crippen LogP contribution in [0.25, 0.3) is 0 Å². The second-order valence-electron chi connectivity index (χ2n) is 6.92. The van der Waals surface area contributed by atoms with Crippen LogP contribution in [-0.4, -0.2) is 30.3 Å². The maximum Gasteiger partial charge on any atom is 0.243 e. The van der Waals surface area contributed by atoms with Gasteiger partial charge < -0.3 is 10.2 Å². The number of carbonyl (C=O) groups is 2. The van der Waals surface area contributed by atoms with Crippen LogP contribution in [0.3, 0.4) is 0 Å². The lowest BCUT2D eigenvalue weighted by Gasteiger charge is -2.17. The molecule has 0 saturated heterocycles. The molecule has 2 amide bonds. The van der Waals surface area contributed by atoms with Crippen LogP contribution in [-0.2, 0) is 16.0 Å².